The van der Waals surface area contributed by atoms with Crippen molar-refractivity contribution in [2.45, 2.75) is 90.3 Å². The largest absolute Gasteiger partial charge is 0.494 e. The molecule has 0 N–H and O–H groups in total. The van der Waals surface area contributed by atoms with Gasteiger partial charge < -0.3 is 9.31 Å². The van der Waals surface area contributed by atoms with Crippen molar-refractivity contribution >= 4 is 18.4 Å². The number of carbonyl (C=O) groups is 1. The molecule has 0 unspecified atom stereocenters. The molecule has 0 radical (unpaired) electrons. The molecule has 1 aliphatic heterocycles. The minimum absolute atomic E-state index is 0.163. The first-order chi connectivity index (χ1) is 14.9. The van der Waals surface area contributed by atoms with Crippen molar-refractivity contribution in [2.75, 3.05) is 0 Å². The fraction of sp³-hybridized carbons (Fsp3) is 0.741. The predicted molar refractivity (Wildman–Crippen MR) is 123 cm³/mol. The van der Waals surface area contributed by atoms with Gasteiger partial charge in [0.15, 0.2) is 0 Å². The van der Waals surface area contributed by atoms with Gasteiger partial charge >= 0.3 is 7.12 Å². The molecule has 5 fully saturated rings. The molecule has 4 heteroatoms. The second-order valence-corrected chi connectivity index (χ2v) is 11.8. The molecule has 1 aromatic carbocycles. The van der Waals surface area contributed by atoms with E-state index < -0.39 is 0 Å². The van der Waals surface area contributed by atoms with Crippen molar-refractivity contribution in [3.8, 4) is 0 Å². The number of Topliss-reactive ketones (excluding diaryl/α,β-unsaturated/α-hetero) is 1. The van der Waals surface area contributed by atoms with E-state index in [1.165, 1.54) is 25.7 Å². The number of fused-ring (bicyclic) bond motifs is 7. The van der Waals surface area contributed by atoms with E-state index in [1.54, 1.807) is 0 Å². The highest BCUT2D eigenvalue weighted by Crippen LogP contribution is 2.70. The molecular formula is C27H37BO3. The topological polar surface area (TPSA) is 35.5 Å². The van der Waals surface area contributed by atoms with E-state index >= 15 is 0 Å². The number of ketones is 1. The molecule has 1 aromatic rings. The number of carbonyl (C=O) groups excluding carboxylic acids is 1. The maximum Gasteiger partial charge on any atom is 0.494 e. The number of rotatable bonds is 2. The van der Waals surface area contributed by atoms with Crippen molar-refractivity contribution in [3.63, 3.8) is 0 Å². The fourth-order valence-corrected chi connectivity index (χ4v) is 9.33. The molecule has 5 aliphatic rings. The Morgan fingerprint density at radius 1 is 1.06 bits per heavy atom. The van der Waals surface area contributed by atoms with Crippen LogP contribution in [0.25, 0.3) is 0 Å². The molecule has 0 bridgehead atoms. The molecule has 3 nitrogen and oxygen atoms in total. The minimum atomic E-state index is -0.223. The summed E-state index contributed by atoms with van der Waals surface area (Å²) in [6.07, 6.45) is 10.2. The van der Waals surface area contributed by atoms with Crippen molar-refractivity contribution in [1.82, 2.24) is 0 Å². The highest BCUT2D eigenvalue weighted by molar-refractivity contribution is 6.62. The smallest absolute Gasteiger partial charge is 0.401 e. The third-order valence-corrected chi connectivity index (χ3v) is 11.0. The zero-order valence-electron chi connectivity index (χ0n) is 19.4. The van der Waals surface area contributed by atoms with Gasteiger partial charge in [-0.1, -0.05) is 51.1 Å². The lowest BCUT2D eigenvalue weighted by Gasteiger charge is -2.61. The van der Waals surface area contributed by atoms with Gasteiger partial charge in [0, 0.05) is 18.3 Å². The van der Waals surface area contributed by atoms with Crippen LogP contribution in [0.5, 0.6) is 0 Å². The first-order valence-corrected chi connectivity index (χ1v) is 12.8. The van der Waals surface area contributed by atoms with Crippen LogP contribution in [0.3, 0.4) is 0 Å². The third kappa shape index (κ3) is 2.64. The van der Waals surface area contributed by atoms with Crippen LogP contribution >= 0.6 is 0 Å². The van der Waals surface area contributed by atoms with Crippen molar-refractivity contribution < 1.29 is 14.1 Å². The zero-order chi connectivity index (χ0) is 21.4. The minimum Gasteiger partial charge on any atom is -0.401 e. The summed E-state index contributed by atoms with van der Waals surface area (Å²) in [5, 5.41) is 0. The Kier molecular flexibility index (Phi) is 4.58. The molecule has 4 saturated carbocycles. The van der Waals surface area contributed by atoms with Gasteiger partial charge in [0.05, 0.1) is 11.7 Å². The van der Waals surface area contributed by atoms with Gasteiger partial charge in [-0.3, -0.25) is 4.79 Å². The lowest BCUT2D eigenvalue weighted by molar-refractivity contribution is -0.151. The molecule has 166 valence electrons. The molecule has 0 spiro atoms. The Balaban J connectivity index is 1.31. The van der Waals surface area contributed by atoms with Crippen molar-refractivity contribution in [2.24, 2.45) is 34.5 Å². The highest BCUT2D eigenvalue weighted by atomic mass is 16.7. The van der Waals surface area contributed by atoms with Gasteiger partial charge in [-0.05, 0) is 79.5 Å². The van der Waals surface area contributed by atoms with Crippen molar-refractivity contribution in [1.29, 1.82) is 0 Å². The highest BCUT2D eigenvalue weighted by Gasteiger charge is 2.71. The Hall–Kier alpha value is -1.13. The van der Waals surface area contributed by atoms with E-state index in [4.69, 9.17) is 9.31 Å². The van der Waals surface area contributed by atoms with Gasteiger partial charge in [-0.25, -0.2) is 0 Å². The van der Waals surface area contributed by atoms with Gasteiger partial charge in [0.2, 0.25) is 0 Å². The Labute approximate surface area is 187 Å². The molecule has 31 heavy (non-hydrogen) atoms. The summed E-state index contributed by atoms with van der Waals surface area (Å²) in [5.41, 5.74) is 1.54. The number of benzene rings is 1. The van der Waals surface area contributed by atoms with Crippen LogP contribution in [0.15, 0.2) is 30.3 Å². The average Bonchev–Trinajstić information content (AvgIpc) is 3.27. The average molecular weight is 420 g/mol. The first kappa shape index (κ1) is 20.5. The molecule has 0 amide bonds. The number of hydrogen-bond donors (Lipinski definition) is 0. The summed E-state index contributed by atoms with van der Waals surface area (Å²) in [7, 11) is -0.223. The Morgan fingerprint density at radius 2 is 1.87 bits per heavy atom. The van der Waals surface area contributed by atoms with Gasteiger partial charge in [-0.2, -0.15) is 0 Å². The van der Waals surface area contributed by atoms with Gasteiger partial charge in [0.1, 0.15) is 5.78 Å². The standard InChI is InChI=1S/C27H37BO3/c1-4-27-24(30-28(31-27)19-8-6-5-7-9-19)17-23-21-11-10-18-16-20(29)12-14-25(18,2)22(21)13-15-26(23,27)3/h5-9,18,21-24H,4,10-17H2,1-3H3/t18-,21+,22-,23-,24-,25-,26-,27-/m0/s1. The Morgan fingerprint density at radius 3 is 2.65 bits per heavy atom. The quantitative estimate of drug-likeness (QED) is 0.620. The lowest BCUT2D eigenvalue weighted by atomic mass is 9.44. The maximum absolute atomic E-state index is 12.2. The molecule has 8 atom stereocenters. The summed E-state index contributed by atoms with van der Waals surface area (Å²) in [6.45, 7) is 7.38. The molecule has 1 saturated heterocycles. The first-order valence-electron chi connectivity index (χ1n) is 12.8. The SMILES string of the molecule is CC[C@]12OB(c3ccccc3)O[C@H]1C[C@H]1[C@@H]3CC[C@H]4CC(=O)CC[C@]4(C)[C@H]3CC[C@@]12C. The summed E-state index contributed by atoms with van der Waals surface area (Å²) in [6, 6.07) is 10.5. The maximum atomic E-state index is 12.2. The predicted octanol–water partition coefficient (Wildman–Crippen LogP) is 5.17. The van der Waals surface area contributed by atoms with E-state index in [9.17, 15) is 4.79 Å². The monoisotopic (exact) mass is 420 g/mol. The van der Waals surface area contributed by atoms with Crippen LogP contribution in [0, 0.1) is 34.5 Å². The summed E-state index contributed by atoms with van der Waals surface area (Å²) in [5.74, 6) is 3.36. The van der Waals surface area contributed by atoms with Crippen LogP contribution in [-0.4, -0.2) is 24.6 Å². The van der Waals surface area contributed by atoms with Gasteiger partial charge in [0.25, 0.3) is 0 Å². The Bertz CT molecular complexity index is 872. The summed E-state index contributed by atoms with van der Waals surface area (Å²) in [4.78, 5) is 12.2. The summed E-state index contributed by atoms with van der Waals surface area (Å²) >= 11 is 0. The lowest BCUT2D eigenvalue weighted by Crippen LogP contribution is -2.58. The zero-order valence-corrected chi connectivity index (χ0v) is 19.4. The van der Waals surface area contributed by atoms with Crippen LogP contribution in [0.2, 0.25) is 0 Å². The molecule has 4 aliphatic carbocycles. The third-order valence-electron chi connectivity index (χ3n) is 11.0. The van der Waals surface area contributed by atoms with Crippen LogP contribution in [-0.2, 0) is 14.1 Å². The van der Waals surface area contributed by atoms with E-state index in [-0.39, 0.29) is 24.2 Å². The molecular weight excluding hydrogens is 383 g/mol. The fourth-order valence-electron chi connectivity index (χ4n) is 9.33. The molecule has 1 heterocycles. The van der Waals surface area contributed by atoms with Crippen molar-refractivity contribution in [3.05, 3.63) is 30.3 Å². The summed E-state index contributed by atoms with van der Waals surface area (Å²) < 4.78 is 13.6. The normalized spacial score (nSPS) is 48.7. The second kappa shape index (κ2) is 6.94. The van der Waals surface area contributed by atoms with E-state index in [0.29, 0.717) is 23.0 Å². The van der Waals surface area contributed by atoms with E-state index in [0.717, 1.165) is 49.4 Å². The number of hydrogen-bond acceptors (Lipinski definition) is 3. The molecule has 0 aromatic heterocycles. The van der Waals surface area contributed by atoms with Crippen LogP contribution < -0.4 is 5.46 Å². The molecule has 6 rings (SSSR count). The van der Waals surface area contributed by atoms with Crippen LogP contribution in [0.1, 0.15) is 78.6 Å². The van der Waals surface area contributed by atoms with E-state index in [2.05, 4.69) is 51.1 Å². The van der Waals surface area contributed by atoms with E-state index in [1.807, 2.05) is 0 Å². The van der Waals surface area contributed by atoms with Crippen LogP contribution in [0.4, 0.5) is 0 Å². The second-order valence-electron chi connectivity index (χ2n) is 11.8. The van der Waals surface area contributed by atoms with Gasteiger partial charge in [-0.15, -0.1) is 0 Å².